The highest BCUT2D eigenvalue weighted by atomic mass is 16.7. The van der Waals surface area contributed by atoms with Crippen LogP contribution in [0.15, 0.2) is 39.7 Å². The van der Waals surface area contributed by atoms with E-state index in [9.17, 15) is 14.4 Å². The molecular weight excluding hydrogens is 416 g/mol. The Morgan fingerprint density at radius 2 is 1.97 bits per heavy atom. The number of benzene rings is 1. The van der Waals surface area contributed by atoms with Crippen molar-refractivity contribution in [2.75, 3.05) is 6.79 Å². The van der Waals surface area contributed by atoms with Gasteiger partial charge in [-0.3, -0.25) is 14.6 Å². The SMILES string of the molecule is Cc1ncc(COC(=O)C(C)C)c2cc(C(=O)NCc3ccc4c(c3)OCO4)c(=O)oc12. The van der Waals surface area contributed by atoms with Gasteiger partial charge in [0.1, 0.15) is 12.2 Å². The molecule has 3 heterocycles. The number of aromatic nitrogens is 1. The maximum absolute atomic E-state index is 12.7. The number of carbonyl (C=O) groups is 2. The summed E-state index contributed by atoms with van der Waals surface area (Å²) in [6.07, 6.45) is 1.54. The molecule has 0 saturated carbocycles. The molecule has 0 atom stereocenters. The Balaban J connectivity index is 1.58. The number of fused-ring (bicyclic) bond motifs is 2. The molecule has 3 aromatic rings. The largest absolute Gasteiger partial charge is 0.461 e. The van der Waals surface area contributed by atoms with Crippen molar-refractivity contribution in [1.82, 2.24) is 10.3 Å². The molecule has 0 fully saturated rings. The molecule has 9 heteroatoms. The fourth-order valence-electron chi connectivity index (χ4n) is 3.20. The highest BCUT2D eigenvalue weighted by Crippen LogP contribution is 2.32. The number of amides is 1. The van der Waals surface area contributed by atoms with Gasteiger partial charge in [0.15, 0.2) is 17.1 Å². The van der Waals surface area contributed by atoms with Gasteiger partial charge in [0, 0.05) is 23.7 Å². The molecule has 1 aromatic carbocycles. The van der Waals surface area contributed by atoms with Gasteiger partial charge < -0.3 is 23.9 Å². The molecular formula is C23H22N2O7. The molecule has 0 spiro atoms. The van der Waals surface area contributed by atoms with Gasteiger partial charge >= 0.3 is 11.6 Å². The van der Waals surface area contributed by atoms with Crippen LogP contribution in [0.5, 0.6) is 11.5 Å². The first-order valence-electron chi connectivity index (χ1n) is 10.1. The number of carbonyl (C=O) groups excluding carboxylic acids is 2. The maximum atomic E-state index is 12.7. The van der Waals surface area contributed by atoms with Gasteiger partial charge in [-0.05, 0) is 30.7 Å². The van der Waals surface area contributed by atoms with Crippen LogP contribution in [0.2, 0.25) is 0 Å². The van der Waals surface area contributed by atoms with Crippen molar-refractivity contribution in [2.45, 2.75) is 33.9 Å². The third kappa shape index (κ3) is 4.27. The van der Waals surface area contributed by atoms with Crippen molar-refractivity contribution >= 4 is 22.8 Å². The van der Waals surface area contributed by atoms with Crippen molar-refractivity contribution in [2.24, 2.45) is 5.92 Å². The van der Waals surface area contributed by atoms with E-state index in [-0.39, 0.29) is 43.0 Å². The second-order valence-electron chi connectivity index (χ2n) is 7.69. The second kappa shape index (κ2) is 8.70. The summed E-state index contributed by atoms with van der Waals surface area (Å²) in [7, 11) is 0. The number of nitrogens with zero attached hydrogens (tertiary/aromatic N) is 1. The number of nitrogens with one attached hydrogen (secondary N) is 1. The number of ether oxygens (including phenoxy) is 3. The van der Waals surface area contributed by atoms with Crippen molar-refractivity contribution in [3.63, 3.8) is 0 Å². The zero-order valence-corrected chi connectivity index (χ0v) is 17.9. The lowest BCUT2D eigenvalue weighted by molar-refractivity contribution is -0.148. The van der Waals surface area contributed by atoms with Crippen LogP contribution in [-0.4, -0.2) is 23.7 Å². The summed E-state index contributed by atoms with van der Waals surface area (Å²) in [6.45, 7) is 5.44. The van der Waals surface area contributed by atoms with Crippen LogP contribution in [0.25, 0.3) is 11.0 Å². The highest BCUT2D eigenvalue weighted by Gasteiger charge is 2.19. The molecule has 0 bridgehead atoms. The number of esters is 1. The topological polar surface area (TPSA) is 117 Å². The van der Waals surface area contributed by atoms with Gasteiger partial charge in [0.2, 0.25) is 6.79 Å². The summed E-state index contributed by atoms with van der Waals surface area (Å²) in [5.74, 6) is 0.0151. The summed E-state index contributed by atoms with van der Waals surface area (Å²) in [5.41, 5.74) is 1.13. The first kappa shape index (κ1) is 21.4. The minimum absolute atomic E-state index is 0.0488. The molecule has 1 amide bonds. The summed E-state index contributed by atoms with van der Waals surface area (Å²) < 4.78 is 21.3. The van der Waals surface area contributed by atoms with Gasteiger partial charge in [-0.1, -0.05) is 19.9 Å². The molecule has 4 rings (SSSR count). The zero-order chi connectivity index (χ0) is 22.8. The molecule has 2 aromatic heterocycles. The molecule has 1 N–H and O–H groups in total. The molecule has 0 saturated heterocycles. The first-order chi connectivity index (χ1) is 15.3. The Labute approximate surface area is 183 Å². The Morgan fingerprint density at radius 1 is 1.19 bits per heavy atom. The summed E-state index contributed by atoms with van der Waals surface area (Å²) in [5, 5.41) is 3.20. The van der Waals surface area contributed by atoms with E-state index in [0.29, 0.717) is 28.1 Å². The molecule has 32 heavy (non-hydrogen) atoms. The zero-order valence-electron chi connectivity index (χ0n) is 17.9. The van der Waals surface area contributed by atoms with E-state index < -0.39 is 11.5 Å². The van der Waals surface area contributed by atoms with Crippen LogP contribution < -0.4 is 20.4 Å². The molecule has 0 aliphatic carbocycles. The van der Waals surface area contributed by atoms with Gasteiger partial charge in [-0.2, -0.15) is 0 Å². The Bertz CT molecular complexity index is 1260. The van der Waals surface area contributed by atoms with Crippen LogP contribution in [0.3, 0.4) is 0 Å². The second-order valence-corrected chi connectivity index (χ2v) is 7.69. The predicted molar refractivity (Wildman–Crippen MR) is 113 cm³/mol. The summed E-state index contributed by atoms with van der Waals surface area (Å²) >= 11 is 0. The Hall–Kier alpha value is -3.88. The van der Waals surface area contributed by atoms with Gasteiger partial charge in [-0.25, -0.2) is 4.79 Å². The predicted octanol–water partition coefficient (Wildman–Crippen LogP) is 2.85. The van der Waals surface area contributed by atoms with E-state index in [1.165, 1.54) is 6.07 Å². The van der Waals surface area contributed by atoms with Crippen LogP contribution >= 0.6 is 0 Å². The monoisotopic (exact) mass is 438 g/mol. The summed E-state index contributed by atoms with van der Waals surface area (Å²) in [4.78, 5) is 41.3. The van der Waals surface area contributed by atoms with E-state index in [0.717, 1.165) is 5.56 Å². The van der Waals surface area contributed by atoms with Crippen LogP contribution in [-0.2, 0) is 22.7 Å². The molecule has 166 valence electrons. The van der Waals surface area contributed by atoms with E-state index >= 15 is 0 Å². The molecule has 0 radical (unpaired) electrons. The third-order valence-electron chi connectivity index (χ3n) is 5.01. The van der Waals surface area contributed by atoms with Crippen molar-refractivity contribution in [1.29, 1.82) is 0 Å². The normalized spacial score (nSPS) is 12.2. The number of hydrogen-bond acceptors (Lipinski definition) is 8. The lowest BCUT2D eigenvalue weighted by Gasteiger charge is -2.11. The Morgan fingerprint density at radius 3 is 2.75 bits per heavy atom. The average molecular weight is 438 g/mol. The third-order valence-corrected chi connectivity index (χ3v) is 5.01. The standard InChI is InChI=1S/C23H22N2O7/c1-12(2)22(27)29-10-15-9-24-13(3)20-16(15)7-17(23(28)32-20)21(26)25-8-14-4-5-18-19(6-14)31-11-30-18/h4-7,9,12H,8,10-11H2,1-3H3,(H,25,26). The quantitative estimate of drug-likeness (QED) is 0.584. The molecule has 9 nitrogen and oxygen atoms in total. The number of pyridine rings is 1. The van der Waals surface area contributed by atoms with Gasteiger partial charge in [-0.15, -0.1) is 0 Å². The van der Waals surface area contributed by atoms with E-state index in [1.807, 2.05) is 0 Å². The number of rotatable bonds is 6. The summed E-state index contributed by atoms with van der Waals surface area (Å²) in [6, 6.07) is 6.77. The fourth-order valence-corrected chi connectivity index (χ4v) is 3.20. The minimum atomic E-state index is -0.776. The van der Waals surface area contributed by atoms with Crippen LogP contribution in [0.1, 0.15) is 41.0 Å². The highest BCUT2D eigenvalue weighted by molar-refractivity contribution is 5.97. The van der Waals surface area contributed by atoms with E-state index in [4.69, 9.17) is 18.6 Å². The van der Waals surface area contributed by atoms with E-state index in [2.05, 4.69) is 10.3 Å². The number of hydrogen-bond donors (Lipinski definition) is 1. The van der Waals surface area contributed by atoms with Crippen molar-refractivity contribution in [3.8, 4) is 11.5 Å². The minimum Gasteiger partial charge on any atom is -0.461 e. The van der Waals surface area contributed by atoms with E-state index in [1.54, 1.807) is 45.2 Å². The molecule has 1 aliphatic rings. The number of aryl methyl sites for hydroxylation is 1. The van der Waals surface area contributed by atoms with Gasteiger partial charge in [0.25, 0.3) is 5.91 Å². The Kier molecular flexibility index (Phi) is 5.81. The maximum Gasteiger partial charge on any atom is 0.349 e. The lowest BCUT2D eigenvalue weighted by atomic mass is 10.1. The molecule has 1 aliphatic heterocycles. The van der Waals surface area contributed by atoms with Crippen molar-refractivity contribution < 1.29 is 28.2 Å². The first-order valence-corrected chi connectivity index (χ1v) is 10.1. The lowest BCUT2D eigenvalue weighted by Crippen LogP contribution is -2.28. The van der Waals surface area contributed by atoms with Crippen molar-refractivity contribution in [3.05, 3.63) is 63.3 Å². The average Bonchev–Trinajstić information content (AvgIpc) is 3.24. The smallest absolute Gasteiger partial charge is 0.349 e. The van der Waals surface area contributed by atoms with Crippen LogP contribution in [0.4, 0.5) is 0 Å². The van der Waals surface area contributed by atoms with Gasteiger partial charge in [0.05, 0.1) is 11.6 Å². The fraction of sp³-hybridized carbons (Fsp3) is 0.304. The molecule has 0 unspecified atom stereocenters. The van der Waals surface area contributed by atoms with Crippen LogP contribution in [0, 0.1) is 12.8 Å².